The van der Waals surface area contributed by atoms with E-state index in [0.717, 1.165) is 57.4 Å². The largest absolute Gasteiger partial charge is 0.466 e. The van der Waals surface area contributed by atoms with Gasteiger partial charge in [0.25, 0.3) is 0 Å². The van der Waals surface area contributed by atoms with Crippen LogP contribution < -0.4 is 15.9 Å². The number of hydrogen-bond donors (Lipinski definition) is 0. The molecule has 11 aromatic rings. The minimum Gasteiger partial charge on any atom is -0.466 e. The standard InChI is InChI=1S/C60H53BN2O2S/c1-57(2,3)32-19-22-34(23-20-32)63-44-29-37-35-15-12-14-18-47(35)66-48(37)30-39(44)49-50-36-16-11-13-17-45(36)64-55(50)51-38-28-41-42(60(9,10)26-25-59(41,7)8)31-43(38)62-53-40-27-33(58(4,5)6)21-24-46(40)65-56(53)61(63)52(49)54(51)62/h11-24,27-31H,25-26H2,1-10H3. The van der Waals surface area contributed by atoms with Crippen LogP contribution >= 0.6 is 11.3 Å². The van der Waals surface area contributed by atoms with Gasteiger partial charge in [-0.05, 0) is 128 Å². The molecule has 0 unspecified atom stereocenters. The minimum atomic E-state index is -0.282. The molecule has 0 fully saturated rings. The van der Waals surface area contributed by atoms with E-state index in [0.29, 0.717) is 0 Å². The summed E-state index contributed by atoms with van der Waals surface area (Å²) >= 11 is 1.89. The molecule has 0 radical (unpaired) electrons. The van der Waals surface area contributed by atoms with Gasteiger partial charge in [0.1, 0.15) is 22.4 Å². The first-order chi connectivity index (χ1) is 31.5. The van der Waals surface area contributed by atoms with E-state index >= 15 is 0 Å². The van der Waals surface area contributed by atoms with Crippen molar-refractivity contribution in [2.75, 3.05) is 4.81 Å². The van der Waals surface area contributed by atoms with Gasteiger partial charge in [-0.3, -0.25) is 0 Å². The summed E-state index contributed by atoms with van der Waals surface area (Å²) in [4.78, 5) is 2.63. The van der Waals surface area contributed by atoms with Crippen molar-refractivity contribution in [2.24, 2.45) is 0 Å². The third kappa shape index (κ3) is 4.96. The third-order valence-electron chi connectivity index (χ3n) is 16.1. The summed E-state index contributed by atoms with van der Waals surface area (Å²) in [6, 6.07) is 44.1. The van der Waals surface area contributed by atoms with Crippen molar-refractivity contribution in [3.05, 3.63) is 138 Å². The second-order valence-electron chi connectivity index (χ2n) is 23.1. The van der Waals surface area contributed by atoms with Gasteiger partial charge in [0.2, 0.25) is 0 Å². The molecule has 0 atom stereocenters. The summed E-state index contributed by atoms with van der Waals surface area (Å²) in [6.45, 7) is 23.4. The van der Waals surface area contributed by atoms with Crippen molar-refractivity contribution in [2.45, 2.75) is 104 Å². The summed E-state index contributed by atoms with van der Waals surface area (Å²) in [5.74, 6) is 0. The van der Waals surface area contributed by atoms with Gasteiger partial charge in [0, 0.05) is 58.7 Å². The van der Waals surface area contributed by atoms with Gasteiger partial charge in [-0.1, -0.05) is 124 Å². The van der Waals surface area contributed by atoms with Gasteiger partial charge < -0.3 is 18.2 Å². The highest BCUT2D eigenvalue weighted by molar-refractivity contribution is 7.25. The Kier molecular flexibility index (Phi) is 7.32. The summed E-state index contributed by atoms with van der Waals surface area (Å²) in [6.07, 6.45) is 2.29. The quantitative estimate of drug-likeness (QED) is 0.154. The monoisotopic (exact) mass is 876 g/mol. The fourth-order valence-corrected chi connectivity index (χ4v) is 13.5. The molecule has 2 aliphatic heterocycles. The molecule has 66 heavy (non-hydrogen) atoms. The zero-order valence-electron chi connectivity index (χ0n) is 39.6. The zero-order valence-corrected chi connectivity index (χ0v) is 40.4. The molecule has 0 bridgehead atoms. The average molecular weight is 877 g/mol. The molecule has 14 rings (SSSR count). The lowest BCUT2D eigenvalue weighted by Gasteiger charge is -2.42. The number of furan rings is 2. The van der Waals surface area contributed by atoms with Crippen molar-refractivity contribution >= 4 is 116 Å². The van der Waals surface area contributed by atoms with Gasteiger partial charge in [-0.15, -0.1) is 11.3 Å². The first kappa shape index (κ1) is 39.0. The second-order valence-corrected chi connectivity index (χ2v) is 24.2. The van der Waals surface area contributed by atoms with Gasteiger partial charge in [0.15, 0.2) is 0 Å². The van der Waals surface area contributed by atoms with Crippen molar-refractivity contribution in [1.29, 1.82) is 0 Å². The highest BCUT2D eigenvalue weighted by atomic mass is 32.1. The number of aromatic nitrogens is 1. The number of hydrogen-bond acceptors (Lipinski definition) is 4. The van der Waals surface area contributed by atoms with Crippen LogP contribution in [0.15, 0.2) is 124 Å². The van der Waals surface area contributed by atoms with E-state index in [1.54, 1.807) is 0 Å². The van der Waals surface area contributed by atoms with E-state index < -0.39 is 0 Å². The maximum absolute atomic E-state index is 7.53. The maximum Gasteiger partial charge on any atom is 0.376 e. The third-order valence-corrected chi connectivity index (χ3v) is 17.3. The predicted molar refractivity (Wildman–Crippen MR) is 282 cm³/mol. The van der Waals surface area contributed by atoms with Crippen LogP contribution in [0.5, 0.6) is 0 Å². The Morgan fingerprint density at radius 3 is 2.00 bits per heavy atom. The lowest BCUT2D eigenvalue weighted by Crippen LogP contribution is -2.60. The summed E-state index contributed by atoms with van der Waals surface area (Å²) in [7, 11) is 0. The van der Waals surface area contributed by atoms with Crippen LogP contribution in [-0.2, 0) is 21.7 Å². The van der Waals surface area contributed by atoms with E-state index in [9.17, 15) is 0 Å². The van der Waals surface area contributed by atoms with Crippen LogP contribution in [0.2, 0.25) is 0 Å². The highest BCUT2D eigenvalue weighted by Crippen LogP contribution is 2.55. The van der Waals surface area contributed by atoms with E-state index in [1.807, 2.05) is 11.3 Å². The molecule has 0 saturated carbocycles. The molecule has 6 heteroatoms. The lowest BCUT2D eigenvalue weighted by atomic mass is 9.46. The van der Waals surface area contributed by atoms with Crippen molar-refractivity contribution in [1.82, 2.24) is 4.57 Å². The SMILES string of the molecule is CC(C)(C)c1ccc(N2B3c4oc5ccc(C(C)(C)C)cc5c4-n4c5cc6c(cc5c5c7oc8ccccc8c7c(c3c54)-c3cc4sc5ccccc5c4cc32)C(C)(C)CCC6(C)C)cc1. The smallest absolute Gasteiger partial charge is 0.376 e. The van der Waals surface area contributed by atoms with Gasteiger partial charge in [-0.25, -0.2) is 0 Å². The number of fused-ring (bicyclic) bond motifs is 19. The first-order valence-corrected chi connectivity index (χ1v) is 24.7. The summed E-state index contributed by atoms with van der Waals surface area (Å²) < 4.78 is 20.1. The van der Waals surface area contributed by atoms with E-state index in [4.69, 9.17) is 8.83 Å². The fraction of sp³-hybridized carbons (Fsp3) is 0.267. The van der Waals surface area contributed by atoms with Crippen molar-refractivity contribution in [3.8, 4) is 16.8 Å². The van der Waals surface area contributed by atoms with E-state index in [2.05, 4.69) is 194 Å². The topological polar surface area (TPSA) is 34.5 Å². The van der Waals surface area contributed by atoms with Crippen LogP contribution in [0.3, 0.4) is 0 Å². The number of para-hydroxylation sites is 1. The molecule has 0 N–H and O–H groups in total. The fourth-order valence-electron chi connectivity index (χ4n) is 12.4. The predicted octanol–water partition coefficient (Wildman–Crippen LogP) is 16.0. The normalized spacial score (nSPS) is 16.4. The minimum absolute atomic E-state index is 0.0114. The molecule has 324 valence electrons. The molecule has 0 saturated heterocycles. The molecule has 4 nitrogen and oxygen atoms in total. The molecule has 1 aliphatic carbocycles. The Balaban J connectivity index is 1.25. The van der Waals surface area contributed by atoms with Gasteiger partial charge in [0.05, 0.1) is 22.1 Å². The van der Waals surface area contributed by atoms with E-state index in [-0.39, 0.29) is 28.5 Å². The molecular formula is C60H53BN2O2S. The number of anilines is 2. The summed E-state index contributed by atoms with van der Waals surface area (Å²) in [5, 5.41) is 8.51. The van der Waals surface area contributed by atoms with Crippen LogP contribution in [0.25, 0.3) is 91.7 Å². The Morgan fingerprint density at radius 2 is 1.26 bits per heavy atom. The molecular weight excluding hydrogens is 824 g/mol. The number of benzene rings is 7. The number of thiophene rings is 1. The average Bonchev–Trinajstić information content (AvgIpc) is 4.04. The zero-order chi connectivity index (χ0) is 45.1. The lowest BCUT2D eigenvalue weighted by molar-refractivity contribution is 0.332. The van der Waals surface area contributed by atoms with Crippen LogP contribution in [0.1, 0.15) is 104 Å². The summed E-state index contributed by atoms with van der Waals surface area (Å²) in [5.41, 5.74) is 19.0. The van der Waals surface area contributed by atoms with Crippen molar-refractivity contribution in [3.63, 3.8) is 0 Å². The highest BCUT2D eigenvalue weighted by Gasteiger charge is 2.50. The number of rotatable bonds is 1. The maximum atomic E-state index is 7.53. The Hall–Kier alpha value is -6.24. The Morgan fingerprint density at radius 1 is 0.591 bits per heavy atom. The Bertz CT molecular complexity index is 3970. The van der Waals surface area contributed by atoms with Gasteiger partial charge >= 0.3 is 6.85 Å². The van der Waals surface area contributed by atoms with Crippen LogP contribution in [-0.4, -0.2) is 11.4 Å². The molecule has 0 spiro atoms. The van der Waals surface area contributed by atoms with Crippen LogP contribution in [0, 0.1) is 0 Å². The van der Waals surface area contributed by atoms with Crippen LogP contribution in [0.4, 0.5) is 11.4 Å². The molecule has 7 aromatic carbocycles. The second kappa shape index (κ2) is 12.4. The van der Waals surface area contributed by atoms with E-state index in [1.165, 1.54) is 91.9 Å². The van der Waals surface area contributed by atoms with Gasteiger partial charge in [-0.2, -0.15) is 0 Å². The Labute approximate surface area is 389 Å². The number of nitrogens with zero attached hydrogens (tertiary/aromatic N) is 2. The molecule has 0 amide bonds. The molecule has 6 heterocycles. The molecule has 3 aliphatic rings. The first-order valence-electron chi connectivity index (χ1n) is 23.9. The molecule has 4 aromatic heterocycles. The van der Waals surface area contributed by atoms with Crippen molar-refractivity contribution < 1.29 is 8.83 Å².